The zero-order valence-corrected chi connectivity index (χ0v) is 20.7. The Bertz CT molecular complexity index is 549. The van der Waals surface area contributed by atoms with Crippen molar-refractivity contribution in [1.29, 1.82) is 0 Å². The van der Waals surface area contributed by atoms with Gasteiger partial charge in [-0.15, -0.1) is 24.0 Å². The third-order valence-electron chi connectivity index (χ3n) is 5.01. The van der Waals surface area contributed by atoms with E-state index in [0.29, 0.717) is 12.5 Å². The van der Waals surface area contributed by atoms with E-state index >= 15 is 0 Å². The van der Waals surface area contributed by atoms with Gasteiger partial charge in [-0.25, -0.2) is 0 Å². The number of rotatable bonds is 11. The van der Waals surface area contributed by atoms with Gasteiger partial charge in [-0.3, -0.25) is 4.99 Å². The Labute approximate surface area is 194 Å². The number of nitrogens with zero attached hydrogens (tertiary/aromatic N) is 3. The highest BCUT2D eigenvalue weighted by atomic mass is 127. The number of aliphatic imine (C=N–C) groups is 1. The van der Waals surface area contributed by atoms with E-state index in [0.717, 1.165) is 44.3 Å². The first-order valence-electron chi connectivity index (χ1n) is 10.9. The minimum atomic E-state index is 0. The normalized spacial score (nSPS) is 16.7. The van der Waals surface area contributed by atoms with Gasteiger partial charge in [0.15, 0.2) is 5.96 Å². The summed E-state index contributed by atoms with van der Waals surface area (Å²) in [7, 11) is 0. The number of para-hydroxylation sites is 1. The van der Waals surface area contributed by atoms with Crippen LogP contribution in [0, 0.1) is 5.92 Å². The zero-order valence-electron chi connectivity index (χ0n) is 18.4. The fraction of sp³-hybridized carbons (Fsp3) is 0.682. The Morgan fingerprint density at radius 3 is 2.41 bits per heavy atom. The molecular formula is C22H40IN5O. The minimum Gasteiger partial charge on any atom is -0.494 e. The molecule has 1 aliphatic heterocycles. The number of ether oxygens (including phenoxy) is 1. The molecule has 29 heavy (non-hydrogen) atoms. The van der Waals surface area contributed by atoms with Gasteiger partial charge in [0.1, 0.15) is 5.75 Å². The van der Waals surface area contributed by atoms with Crippen LogP contribution in [0.3, 0.4) is 0 Å². The molecule has 0 radical (unpaired) electrons. The molecule has 1 heterocycles. The average molecular weight is 518 g/mol. The summed E-state index contributed by atoms with van der Waals surface area (Å²) in [5.41, 5.74) is 0. The van der Waals surface area contributed by atoms with Crippen LogP contribution in [-0.2, 0) is 0 Å². The van der Waals surface area contributed by atoms with Crippen molar-refractivity contribution in [2.45, 2.75) is 27.2 Å². The Morgan fingerprint density at radius 1 is 1.07 bits per heavy atom. The average Bonchev–Trinajstić information content (AvgIpc) is 2.73. The van der Waals surface area contributed by atoms with Crippen LogP contribution < -0.4 is 15.4 Å². The van der Waals surface area contributed by atoms with Crippen LogP contribution in [0.1, 0.15) is 27.2 Å². The number of nitrogens with one attached hydrogen (secondary N) is 2. The van der Waals surface area contributed by atoms with E-state index in [1.165, 1.54) is 32.7 Å². The van der Waals surface area contributed by atoms with Crippen molar-refractivity contribution >= 4 is 29.9 Å². The Balaban J connectivity index is 0.00000420. The van der Waals surface area contributed by atoms with Crippen LogP contribution in [0.15, 0.2) is 35.3 Å². The van der Waals surface area contributed by atoms with Crippen molar-refractivity contribution in [3.8, 4) is 5.75 Å². The third-order valence-corrected chi connectivity index (χ3v) is 5.01. The summed E-state index contributed by atoms with van der Waals surface area (Å²) >= 11 is 0. The van der Waals surface area contributed by atoms with Crippen molar-refractivity contribution in [1.82, 2.24) is 20.4 Å². The molecule has 166 valence electrons. The number of hydrogen-bond donors (Lipinski definition) is 2. The Hall–Kier alpha value is -1.06. The molecule has 0 spiro atoms. The lowest BCUT2D eigenvalue weighted by molar-refractivity contribution is 0.125. The second-order valence-electron chi connectivity index (χ2n) is 7.50. The largest absolute Gasteiger partial charge is 0.494 e. The first-order valence-corrected chi connectivity index (χ1v) is 10.9. The number of piperazine rings is 1. The summed E-state index contributed by atoms with van der Waals surface area (Å²) in [6, 6.07) is 9.97. The number of halogens is 1. The fourth-order valence-electron chi connectivity index (χ4n) is 3.36. The van der Waals surface area contributed by atoms with Crippen LogP contribution in [0.5, 0.6) is 5.75 Å². The van der Waals surface area contributed by atoms with Crippen LogP contribution in [0.25, 0.3) is 0 Å². The van der Waals surface area contributed by atoms with Crippen LogP contribution in [-0.4, -0.2) is 81.3 Å². The molecule has 0 bridgehead atoms. The minimum absolute atomic E-state index is 0. The summed E-state index contributed by atoms with van der Waals surface area (Å²) in [5, 5.41) is 6.76. The maximum absolute atomic E-state index is 5.74. The molecule has 0 saturated carbocycles. The van der Waals surface area contributed by atoms with E-state index < -0.39 is 0 Å². The molecule has 0 aromatic heterocycles. The quantitative estimate of drug-likeness (QED) is 0.205. The molecule has 0 amide bonds. The number of hydrogen-bond acceptors (Lipinski definition) is 4. The van der Waals surface area contributed by atoms with Gasteiger partial charge in [0.25, 0.3) is 0 Å². The maximum Gasteiger partial charge on any atom is 0.191 e. The predicted molar refractivity (Wildman–Crippen MR) is 134 cm³/mol. The molecular weight excluding hydrogens is 477 g/mol. The van der Waals surface area contributed by atoms with Gasteiger partial charge in [-0.05, 0) is 37.9 Å². The van der Waals surface area contributed by atoms with Gasteiger partial charge in [0, 0.05) is 52.4 Å². The second-order valence-corrected chi connectivity index (χ2v) is 7.50. The monoisotopic (exact) mass is 517 g/mol. The molecule has 1 fully saturated rings. The summed E-state index contributed by atoms with van der Waals surface area (Å²) in [6.07, 6.45) is 0.941. The Morgan fingerprint density at radius 2 is 1.76 bits per heavy atom. The standard InChI is InChI=1S/C22H39N5O.HI/c1-4-23-22(24-12-9-17-28-21-10-7-6-8-11-21)25-18-20(3)19-27-15-13-26(5-2)14-16-27;/h6-8,10-11,20H,4-5,9,12-19H2,1-3H3,(H2,23,24,25);1H. The molecule has 2 N–H and O–H groups in total. The first-order chi connectivity index (χ1) is 13.7. The highest BCUT2D eigenvalue weighted by Gasteiger charge is 2.17. The number of guanidine groups is 1. The van der Waals surface area contributed by atoms with Gasteiger partial charge in [-0.1, -0.05) is 32.0 Å². The maximum atomic E-state index is 5.74. The summed E-state index contributed by atoms with van der Waals surface area (Å²) < 4.78 is 5.74. The van der Waals surface area contributed by atoms with Crippen molar-refractivity contribution in [2.24, 2.45) is 10.9 Å². The van der Waals surface area contributed by atoms with E-state index in [2.05, 4.69) is 41.2 Å². The zero-order chi connectivity index (χ0) is 20.0. The number of benzene rings is 1. The van der Waals surface area contributed by atoms with E-state index in [1.54, 1.807) is 0 Å². The van der Waals surface area contributed by atoms with Crippen molar-refractivity contribution < 1.29 is 4.74 Å². The van der Waals surface area contributed by atoms with Crippen molar-refractivity contribution in [3.63, 3.8) is 0 Å². The first kappa shape index (κ1) is 26.0. The number of likely N-dealkylation sites (N-methyl/N-ethyl adjacent to an activating group) is 1. The lowest BCUT2D eigenvalue weighted by Crippen LogP contribution is -2.47. The SMILES string of the molecule is CCNC(=NCC(C)CN1CCN(CC)CC1)NCCCOc1ccccc1.I. The lowest BCUT2D eigenvalue weighted by Gasteiger charge is -2.35. The molecule has 1 atom stereocenters. The molecule has 1 aromatic carbocycles. The molecule has 1 saturated heterocycles. The fourth-order valence-corrected chi connectivity index (χ4v) is 3.36. The predicted octanol–water partition coefficient (Wildman–Crippen LogP) is 2.90. The topological polar surface area (TPSA) is 52.1 Å². The van der Waals surface area contributed by atoms with E-state index in [-0.39, 0.29) is 24.0 Å². The lowest BCUT2D eigenvalue weighted by atomic mass is 10.1. The van der Waals surface area contributed by atoms with Crippen molar-refractivity contribution in [2.75, 3.05) is 65.5 Å². The molecule has 1 aliphatic rings. The second kappa shape index (κ2) is 15.7. The van der Waals surface area contributed by atoms with Gasteiger partial charge in [-0.2, -0.15) is 0 Å². The highest BCUT2D eigenvalue weighted by Crippen LogP contribution is 2.08. The van der Waals surface area contributed by atoms with Crippen LogP contribution in [0.2, 0.25) is 0 Å². The molecule has 2 rings (SSSR count). The van der Waals surface area contributed by atoms with Crippen LogP contribution in [0.4, 0.5) is 0 Å². The smallest absolute Gasteiger partial charge is 0.191 e. The highest BCUT2D eigenvalue weighted by molar-refractivity contribution is 14.0. The third kappa shape index (κ3) is 11.1. The summed E-state index contributed by atoms with van der Waals surface area (Å²) in [5.74, 6) is 2.39. The van der Waals surface area contributed by atoms with Gasteiger partial charge in [0.05, 0.1) is 6.61 Å². The summed E-state index contributed by atoms with van der Waals surface area (Å²) in [6.45, 7) is 17.0. The van der Waals surface area contributed by atoms with E-state index in [4.69, 9.17) is 9.73 Å². The molecule has 7 heteroatoms. The Kier molecular flexibility index (Phi) is 14.1. The van der Waals surface area contributed by atoms with Crippen molar-refractivity contribution in [3.05, 3.63) is 30.3 Å². The molecule has 1 unspecified atom stereocenters. The van der Waals surface area contributed by atoms with Crippen LogP contribution >= 0.6 is 24.0 Å². The molecule has 1 aromatic rings. The van der Waals surface area contributed by atoms with E-state index in [9.17, 15) is 0 Å². The van der Waals surface area contributed by atoms with Gasteiger partial charge in [0.2, 0.25) is 0 Å². The van der Waals surface area contributed by atoms with E-state index in [1.807, 2.05) is 30.3 Å². The molecule has 6 nitrogen and oxygen atoms in total. The summed E-state index contributed by atoms with van der Waals surface area (Å²) in [4.78, 5) is 9.88. The van der Waals surface area contributed by atoms with Gasteiger partial charge < -0.3 is 25.2 Å². The van der Waals surface area contributed by atoms with Gasteiger partial charge >= 0.3 is 0 Å². The molecule has 0 aliphatic carbocycles.